The molecule has 0 aromatic carbocycles. The van der Waals surface area contributed by atoms with Crippen molar-refractivity contribution >= 4 is 29.1 Å². The van der Waals surface area contributed by atoms with E-state index >= 15 is 0 Å². The third-order valence-corrected chi connectivity index (χ3v) is 6.81. The van der Waals surface area contributed by atoms with Crippen molar-refractivity contribution in [1.29, 1.82) is 0 Å². The van der Waals surface area contributed by atoms with Gasteiger partial charge in [-0.05, 0) is 49.3 Å². The molecule has 0 spiro atoms. The summed E-state index contributed by atoms with van der Waals surface area (Å²) in [6, 6.07) is 4.35. The summed E-state index contributed by atoms with van der Waals surface area (Å²) in [5.74, 6) is 2.67. The zero-order chi connectivity index (χ0) is 18.0. The summed E-state index contributed by atoms with van der Waals surface area (Å²) in [6.45, 7) is 11.1. The SMILES string of the molecule is CCNC(=NCC1(SCC)CCOCC1)NCC(C)Cc1cccs1. The fourth-order valence-corrected chi connectivity index (χ4v) is 5.17. The molecule has 2 heterocycles. The number of aliphatic imine (C=N–C) groups is 1. The van der Waals surface area contributed by atoms with E-state index in [1.807, 2.05) is 23.1 Å². The Balaban J connectivity index is 1.87. The minimum Gasteiger partial charge on any atom is -0.381 e. The normalized spacial score (nSPS) is 18.8. The average Bonchev–Trinajstić information content (AvgIpc) is 3.11. The first kappa shape index (κ1) is 20.6. The highest BCUT2D eigenvalue weighted by Gasteiger charge is 2.32. The van der Waals surface area contributed by atoms with Crippen LogP contribution in [0.4, 0.5) is 0 Å². The molecule has 0 bridgehead atoms. The molecule has 1 fully saturated rings. The summed E-state index contributed by atoms with van der Waals surface area (Å²) in [4.78, 5) is 6.37. The molecule has 1 aliphatic heterocycles. The van der Waals surface area contributed by atoms with Crippen LogP contribution < -0.4 is 10.6 Å². The average molecular weight is 384 g/mol. The van der Waals surface area contributed by atoms with Crippen molar-refractivity contribution in [3.05, 3.63) is 22.4 Å². The Labute approximate surface area is 161 Å². The molecule has 4 nitrogen and oxygen atoms in total. The summed E-state index contributed by atoms with van der Waals surface area (Å²) in [6.07, 6.45) is 3.32. The number of nitrogens with zero attached hydrogens (tertiary/aromatic N) is 1. The predicted molar refractivity (Wildman–Crippen MR) is 112 cm³/mol. The molecule has 1 aromatic heterocycles. The number of ether oxygens (including phenoxy) is 1. The van der Waals surface area contributed by atoms with Gasteiger partial charge in [0.15, 0.2) is 5.96 Å². The molecule has 0 saturated carbocycles. The minimum atomic E-state index is 0.248. The molecule has 2 rings (SSSR count). The lowest BCUT2D eigenvalue weighted by molar-refractivity contribution is 0.0793. The van der Waals surface area contributed by atoms with E-state index in [4.69, 9.17) is 9.73 Å². The molecule has 0 amide bonds. The number of guanidine groups is 1. The number of thiophene rings is 1. The molecular formula is C19H33N3OS2. The highest BCUT2D eigenvalue weighted by Crippen LogP contribution is 2.35. The fraction of sp³-hybridized carbons (Fsp3) is 0.737. The van der Waals surface area contributed by atoms with E-state index in [2.05, 4.69) is 48.9 Å². The summed E-state index contributed by atoms with van der Waals surface area (Å²) >= 11 is 3.89. The van der Waals surface area contributed by atoms with Crippen molar-refractivity contribution < 1.29 is 4.74 Å². The van der Waals surface area contributed by atoms with Gasteiger partial charge in [0.05, 0.1) is 6.54 Å². The Kier molecular flexibility index (Phi) is 9.13. The van der Waals surface area contributed by atoms with Crippen LogP contribution in [0, 0.1) is 5.92 Å². The van der Waals surface area contributed by atoms with Crippen LogP contribution in [0.25, 0.3) is 0 Å². The van der Waals surface area contributed by atoms with E-state index < -0.39 is 0 Å². The van der Waals surface area contributed by atoms with Crippen LogP contribution in [0.1, 0.15) is 38.5 Å². The van der Waals surface area contributed by atoms with Gasteiger partial charge in [0.1, 0.15) is 0 Å². The molecule has 25 heavy (non-hydrogen) atoms. The molecule has 1 atom stereocenters. The molecule has 142 valence electrons. The van der Waals surface area contributed by atoms with Crippen LogP contribution in [0.2, 0.25) is 0 Å². The van der Waals surface area contributed by atoms with E-state index in [0.717, 1.165) is 63.8 Å². The van der Waals surface area contributed by atoms with Gasteiger partial charge >= 0.3 is 0 Å². The largest absolute Gasteiger partial charge is 0.381 e. The van der Waals surface area contributed by atoms with Crippen LogP contribution in [0.5, 0.6) is 0 Å². The first-order valence-corrected chi connectivity index (χ1v) is 11.3. The highest BCUT2D eigenvalue weighted by molar-refractivity contribution is 8.00. The lowest BCUT2D eigenvalue weighted by atomic mass is 9.99. The van der Waals surface area contributed by atoms with Crippen molar-refractivity contribution in [3.63, 3.8) is 0 Å². The summed E-state index contributed by atoms with van der Waals surface area (Å²) < 4.78 is 5.81. The summed E-state index contributed by atoms with van der Waals surface area (Å²) in [5.41, 5.74) is 0. The van der Waals surface area contributed by atoms with Gasteiger partial charge < -0.3 is 15.4 Å². The third kappa shape index (κ3) is 7.19. The van der Waals surface area contributed by atoms with Crippen molar-refractivity contribution in [2.45, 2.75) is 44.8 Å². The maximum atomic E-state index is 5.56. The second-order valence-electron chi connectivity index (χ2n) is 6.69. The van der Waals surface area contributed by atoms with Crippen molar-refractivity contribution in [2.75, 3.05) is 38.6 Å². The lowest BCUT2D eigenvalue weighted by Gasteiger charge is -2.35. The molecule has 1 saturated heterocycles. The second kappa shape index (κ2) is 11.1. The first-order valence-electron chi connectivity index (χ1n) is 9.43. The Morgan fingerprint density at radius 3 is 2.80 bits per heavy atom. The van der Waals surface area contributed by atoms with Crippen LogP contribution in [-0.2, 0) is 11.2 Å². The Hall–Kier alpha value is -0.720. The monoisotopic (exact) mass is 383 g/mol. The highest BCUT2D eigenvalue weighted by atomic mass is 32.2. The maximum absolute atomic E-state index is 5.56. The second-order valence-corrected chi connectivity index (χ2v) is 9.46. The third-order valence-electron chi connectivity index (χ3n) is 4.47. The first-order chi connectivity index (χ1) is 12.2. The zero-order valence-electron chi connectivity index (χ0n) is 15.8. The van der Waals surface area contributed by atoms with Gasteiger partial charge in [-0.15, -0.1) is 11.3 Å². The molecule has 0 aliphatic carbocycles. The molecule has 6 heteroatoms. The van der Waals surface area contributed by atoms with E-state index in [-0.39, 0.29) is 4.75 Å². The zero-order valence-corrected chi connectivity index (χ0v) is 17.5. The maximum Gasteiger partial charge on any atom is 0.191 e. The Morgan fingerprint density at radius 2 is 2.16 bits per heavy atom. The van der Waals surface area contributed by atoms with E-state index in [1.165, 1.54) is 4.88 Å². The predicted octanol–water partition coefficient (Wildman–Crippen LogP) is 3.78. The Morgan fingerprint density at radius 1 is 1.36 bits per heavy atom. The number of nitrogens with one attached hydrogen (secondary N) is 2. The van der Waals surface area contributed by atoms with E-state index in [1.54, 1.807) is 0 Å². The summed E-state index contributed by atoms with van der Waals surface area (Å²) in [5, 5.41) is 9.08. The topological polar surface area (TPSA) is 45.7 Å². The summed E-state index contributed by atoms with van der Waals surface area (Å²) in [7, 11) is 0. The van der Waals surface area contributed by atoms with Gasteiger partial charge in [0, 0.05) is 35.9 Å². The van der Waals surface area contributed by atoms with Crippen molar-refractivity contribution in [3.8, 4) is 0 Å². The van der Waals surface area contributed by atoms with Gasteiger partial charge in [0.2, 0.25) is 0 Å². The molecule has 1 aliphatic rings. The number of thioether (sulfide) groups is 1. The van der Waals surface area contributed by atoms with Crippen LogP contribution in [-0.4, -0.2) is 49.3 Å². The molecule has 0 radical (unpaired) electrons. The van der Waals surface area contributed by atoms with E-state index in [0.29, 0.717) is 5.92 Å². The van der Waals surface area contributed by atoms with Crippen molar-refractivity contribution in [1.82, 2.24) is 10.6 Å². The standard InChI is InChI=1S/C19H33N3OS2/c1-4-20-18(21-14-16(3)13-17-7-6-12-24-17)22-15-19(25-5-2)8-10-23-11-9-19/h6-7,12,16H,4-5,8-11,13-15H2,1-3H3,(H2,20,21,22). The molecule has 1 aromatic rings. The van der Waals surface area contributed by atoms with Crippen molar-refractivity contribution in [2.24, 2.45) is 10.9 Å². The van der Waals surface area contributed by atoms with Gasteiger partial charge in [-0.1, -0.05) is 19.9 Å². The van der Waals surface area contributed by atoms with Crippen LogP contribution >= 0.6 is 23.1 Å². The fourth-order valence-electron chi connectivity index (χ4n) is 3.08. The number of hydrogen-bond acceptors (Lipinski definition) is 4. The van der Waals surface area contributed by atoms with Gasteiger partial charge in [-0.2, -0.15) is 11.8 Å². The molecule has 2 N–H and O–H groups in total. The number of rotatable bonds is 9. The molecule has 1 unspecified atom stereocenters. The van der Waals surface area contributed by atoms with Gasteiger partial charge in [-0.25, -0.2) is 0 Å². The van der Waals surface area contributed by atoms with Crippen LogP contribution in [0.15, 0.2) is 22.5 Å². The molecular weight excluding hydrogens is 350 g/mol. The lowest BCUT2D eigenvalue weighted by Crippen LogP contribution is -2.42. The van der Waals surface area contributed by atoms with E-state index in [9.17, 15) is 0 Å². The Bertz CT molecular complexity index is 493. The quantitative estimate of drug-likeness (QED) is 0.503. The minimum absolute atomic E-state index is 0.248. The number of hydrogen-bond donors (Lipinski definition) is 2. The smallest absolute Gasteiger partial charge is 0.191 e. The van der Waals surface area contributed by atoms with Gasteiger partial charge in [-0.3, -0.25) is 4.99 Å². The van der Waals surface area contributed by atoms with Gasteiger partial charge in [0.25, 0.3) is 0 Å². The van der Waals surface area contributed by atoms with Crippen LogP contribution in [0.3, 0.4) is 0 Å².